The molecule has 122 valence electrons. The summed E-state index contributed by atoms with van der Waals surface area (Å²) in [7, 11) is 0. The molecule has 1 aliphatic carbocycles. The third kappa shape index (κ3) is 5.15. The summed E-state index contributed by atoms with van der Waals surface area (Å²) in [6.45, 7) is 7.08. The second-order valence-corrected chi connectivity index (χ2v) is 7.68. The van der Waals surface area contributed by atoms with E-state index < -0.39 is 0 Å². The van der Waals surface area contributed by atoms with Crippen molar-refractivity contribution in [2.45, 2.75) is 71.8 Å². The first-order valence-electron chi connectivity index (χ1n) is 8.86. The molecular weight excluding hydrogens is 270 g/mol. The summed E-state index contributed by atoms with van der Waals surface area (Å²) in [5, 5.41) is 3.20. The van der Waals surface area contributed by atoms with Gasteiger partial charge in [0.25, 0.3) is 5.91 Å². The minimum absolute atomic E-state index is 0.0790. The summed E-state index contributed by atoms with van der Waals surface area (Å²) in [5.41, 5.74) is 1.24. The summed E-state index contributed by atoms with van der Waals surface area (Å²) in [6, 6.07) is 9.91. The first kappa shape index (κ1) is 17.1. The van der Waals surface area contributed by atoms with E-state index in [1.807, 2.05) is 30.3 Å². The minimum Gasteiger partial charge on any atom is -0.349 e. The molecule has 1 amide bonds. The molecule has 0 heterocycles. The van der Waals surface area contributed by atoms with Gasteiger partial charge in [-0.2, -0.15) is 0 Å². The Morgan fingerprint density at radius 2 is 1.77 bits per heavy atom. The molecule has 0 unspecified atom stereocenters. The summed E-state index contributed by atoms with van der Waals surface area (Å²) < 4.78 is 0. The molecule has 1 N–H and O–H groups in total. The van der Waals surface area contributed by atoms with Gasteiger partial charge in [0.15, 0.2) is 0 Å². The number of hydrogen-bond acceptors (Lipinski definition) is 1. The van der Waals surface area contributed by atoms with Crippen LogP contribution in [0.2, 0.25) is 0 Å². The summed E-state index contributed by atoms with van der Waals surface area (Å²) >= 11 is 0. The van der Waals surface area contributed by atoms with E-state index in [1.165, 1.54) is 32.1 Å². The van der Waals surface area contributed by atoms with Crippen LogP contribution in [0.1, 0.15) is 76.1 Å². The maximum absolute atomic E-state index is 12.2. The van der Waals surface area contributed by atoms with Crippen LogP contribution in [0.4, 0.5) is 0 Å². The van der Waals surface area contributed by atoms with Crippen molar-refractivity contribution in [1.82, 2.24) is 5.32 Å². The van der Waals surface area contributed by atoms with Gasteiger partial charge in [0.1, 0.15) is 0 Å². The highest BCUT2D eigenvalue weighted by molar-refractivity contribution is 5.94. The van der Waals surface area contributed by atoms with Gasteiger partial charge < -0.3 is 5.32 Å². The van der Waals surface area contributed by atoms with Crippen molar-refractivity contribution >= 4 is 5.91 Å². The number of rotatable bonds is 6. The average Bonchev–Trinajstić information content (AvgIpc) is 2.49. The summed E-state index contributed by atoms with van der Waals surface area (Å²) in [4.78, 5) is 12.2. The molecule has 22 heavy (non-hydrogen) atoms. The molecular formula is C20H31NO. The lowest BCUT2D eigenvalue weighted by Crippen LogP contribution is -2.38. The second kappa shape index (κ2) is 7.80. The van der Waals surface area contributed by atoms with Crippen LogP contribution in [0.15, 0.2) is 30.3 Å². The van der Waals surface area contributed by atoms with Crippen molar-refractivity contribution < 1.29 is 4.79 Å². The van der Waals surface area contributed by atoms with Crippen molar-refractivity contribution in [2.75, 3.05) is 0 Å². The predicted molar refractivity (Wildman–Crippen MR) is 93.0 cm³/mol. The van der Waals surface area contributed by atoms with E-state index in [-0.39, 0.29) is 5.91 Å². The second-order valence-electron chi connectivity index (χ2n) is 7.68. The molecule has 0 atom stereocenters. The lowest BCUT2D eigenvalue weighted by Gasteiger charge is -2.34. The van der Waals surface area contributed by atoms with Crippen LogP contribution in [0.5, 0.6) is 0 Å². The third-order valence-electron chi connectivity index (χ3n) is 4.99. The van der Waals surface area contributed by atoms with E-state index >= 15 is 0 Å². The van der Waals surface area contributed by atoms with Crippen molar-refractivity contribution in [2.24, 2.45) is 11.3 Å². The zero-order chi connectivity index (χ0) is 16.0. The van der Waals surface area contributed by atoms with Crippen LogP contribution in [-0.4, -0.2) is 11.9 Å². The smallest absolute Gasteiger partial charge is 0.251 e. The molecule has 2 heteroatoms. The Bertz CT molecular complexity index is 458. The van der Waals surface area contributed by atoms with Crippen molar-refractivity contribution in [1.29, 1.82) is 0 Å². The molecule has 1 saturated carbocycles. The number of amides is 1. The van der Waals surface area contributed by atoms with Gasteiger partial charge in [-0.1, -0.05) is 45.4 Å². The van der Waals surface area contributed by atoms with Crippen LogP contribution in [0.3, 0.4) is 0 Å². The molecule has 1 fully saturated rings. The lowest BCUT2D eigenvalue weighted by molar-refractivity contribution is 0.0915. The molecule has 0 radical (unpaired) electrons. The zero-order valence-corrected chi connectivity index (χ0v) is 14.4. The molecule has 0 aliphatic heterocycles. The fourth-order valence-corrected chi connectivity index (χ4v) is 3.93. The average molecular weight is 301 g/mol. The van der Waals surface area contributed by atoms with Gasteiger partial charge in [-0.3, -0.25) is 4.79 Å². The van der Waals surface area contributed by atoms with Gasteiger partial charge in [-0.15, -0.1) is 0 Å². The van der Waals surface area contributed by atoms with Crippen molar-refractivity contribution in [3.8, 4) is 0 Å². The first-order chi connectivity index (χ1) is 10.5. The Morgan fingerprint density at radius 3 is 2.36 bits per heavy atom. The summed E-state index contributed by atoms with van der Waals surface area (Å²) in [6.07, 6.45) is 8.70. The zero-order valence-electron chi connectivity index (χ0n) is 14.4. The first-order valence-corrected chi connectivity index (χ1v) is 8.86. The maximum atomic E-state index is 12.2. The van der Waals surface area contributed by atoms with Gasteiger partial charge in [0.05, 0.1) is 0 Å². The van der Waals surface area contributed by atoms with E-state index in [2.05, 4.69) is 26.1 Å². The van der Waals surface area contributed by atoms with Gasteiger partial charge >= 0.3 is 0 Å². The topological polar surface area (TPSA) is 29.1 Å². The molecule has 0 saturated heterocycles. The number of hydrogen-bond donors (Lipinski definition) is 1. The number of nitrogens with one attached hydrogen (secondary N) is 1. The molecule has 0 spiro atoms. The third-order valence-corrected chi connectivity index (χ3v) is 4.99. The highest BCUT2D eigenvalue weighted by Gasteiger charge is 2.27. The Balaban J connectivity index is 1.77. The molecule has 1 aliphatic rings. The normalized spacial score (nSPS) is 22.3. The van der Waals surface area contributed by atoms with E-state index in [0.717, 1.165) is 24.3 Å². The Morgan fingerprint density at radius 1 is 1.14 bits per heavy atom. The largest absolute Gasteiger partial charge is 0.349 e. The fraction of sp³-hybridized carbons (Fsp3) is 0.650. The van der Waals surface area contributed by atoms with Gasteiger partial charge in [0, 0.05) is 11.6 Å². The molecule has 1 aromatic rings. The molecule has 0 aromatic heterocycles. The van der Waals surface area contributed by atoms with Gasteiger partial charge in [-0.05, 0) is 62.0 Å². The predicted octanol–water partition coefficient (Wildman–Crippen LogP) is 5.19. The van der Waals surface area contributed by atoms with Crippen LogP contribution in [0, 0.1) is 11.3 Å². The Kier molecular flexibility index (Phi) is 6.05. The minimum atomic E-state index is 0.0790. The summed E-state index contributed by atoms with van der Waals surface area (Å²) in [5.74, 6) is 0.918. The highest BCUT2D eigenvalue weighted by atomic mass is 16.1. The number of carbonyl (C=O) groups is 1. The number of carbonyl (C=O) groups excluding carboxylic acids is 1. The monoisotopic (exact) mass is 301 g/mol. The maximum Gasteiger partial charge on any atom is 0.251 e. The number of benzene rings is 1. The van der Waals surface area contributed by atoms with E-state index in [1.54, 1.807) is 0 Å². The Hall–Kier alpha value is -1.31. The van der Waals surface area contributed by atoms with Crippen LogP contribution < -0.4 is 5.32 Å². The van der Waals surface area contributed by atoms with Crippen molar-refractivity contribution in [3.05, 3.63) is 35.9 Å². The van der Waals surface area contributed by atoms with Gasteiger partial charge in [-0.25, -0.2) is 0 Å². The SMILES string of the molecule is CCCC(C)(C)CC1CCC(NC(=O)c2ccccc2)CC1. The Labute approximate surface area is 135 Å². The van der Waals surface area contributed by atoms with Crippen LogP contribution in [-0.2, 0) is 0 Å². The highest BCUT2D eigenvalue weighted by Crippen LogP contribution is 2.37. The van der Waals surface area contributed by atoms with E-state index in [9.17, 15) is 4.79 Å². The fourth-order valence-electron chi connectivity index (χ4n) is 3.93. The van der Waals surface area contributed by atoms with E-state index in [0.29, 0.717) is 11.5 Å². The quantitative estimate of drug-likeness (QED) is 0.769. The lowest BCUT2D eigenvalue weighted by atomic mass is 9.73. The van der Waals surface area contributed by atoms with Gasteiger partial charge in [0.2, 0.25) is 0 Å². The van der Waals surface area contributed by atoms with Crippen LogP contribution in [0.25, 0.3) is 0 Å². The standard InChI is InChI=1S/C20H31NO/c1-4-14-20(2,3)15-16-10-12-18(13-11-16)21-19(22)17-8-6-5-7-9-17/h5-9,16,18H,4,10-15H2,1-3H3,(H,21,22). The van der Waals surface area contributed by atoms with Crippen LogP contribution >= 0.6 is 0 Å². The molecule has 1 aromatic carbocycles. The molecule has 2 rings (SSSR count). The molecule has 2 nitrogen and oxygen atoms in total. The molecule has 0 bridgehead atoms. The van der Waals surface area contributed by atoms with Crippen molar-refractivity contribution in [3.63, 3.8) is 0 Å². The van der Waals surface area contributed by atoms with E-state index in [4.69, 9.17) is 0 Å².